The first kappa shape index (κ1) is 14.0. The molecule has 2 aliphatic heterocycles. The third kappa shape index (κ3) is 2.18. The molecule has 1 amide bonds. The lowest BCUT2D eigenvalue weighted by atomic mass is 10.0. The molecule has 2 aliphatic rings. The second kappa shape index (κ2) is 5.22. The molecule has 2 fully saturated rings. The number of carbonyl (C=O) groups excluding carboxylic acids is 1. The fourth-order valence-corrected chi connectivity index (χ4v) is 4.94. The summed E-state index contributed by atoms with van der Waals surface area (Å²) in [6, 6.07) is 0.751. The average Bonchev–Trinajstić information content (AvgIpc) is 3.19. The predicted octanol–water partition coefficient (Wildman–Crippen LogP) is 2.08. The van der Waals surface area contributed by atoms with E-state index in [2.05, 4.69) is 14.8 Å². The van der Waals surface area contributed by atoms with E-state index >= 15 is 0 Å². The van der Waals surface area contributed by atoms with Gasteiger partial charge in [-0.15, -0.1) is 5.10 Å². The zero-order chi connectivity index (χ0) is 15.3. The van der Waals surface area contributed by atoms with Crippen LogP contribution in [0.1, 0.15) is 38.3 Å². The Morgan fingerprint density at radius 2 is 2.05 bits per heavy atom. The number of likely N-dealkylation sites (tertiary alicyclic amines) is 1. The van der Waals surface area contributed by atoms with Gasteiger partial charge in [0.05, 0.1) is 24.0 Å². The minimum atomic E-state index is 0.207. The minimum absolute atomic E-state index is 0.207. The van der Waals surface area contributed by atoms with Gasteiger partial charge >= 0.3 is 0 Å². The first-order valence-corrected chi connectivity index (χ1v) is 8.82. The summed E-state index contributed by atoms with van der Waals surface area (Å²) in [6.45, 7) is 5.62. The van der Waals surface area contributed by atoms with Gasteiger partial charge in [-0.25, -0.2) is 9.50 Å². The van der Waals surface area contributed by atoms with Gasteiger partial charge in [0.1, 0.15) is 0 Å². The summed E-state index contributed by atoms with van der Waals surface area (Å²) in [6.07, 6.45) is 6.53. The molecule has 2 atom stereocenters. The molecular weight excluding hydrogens is 298 g/mol. The molecule has 0 aromatic carbocycles. The number of aryl methyl sites for hydroxylation is 1. The van der Waals surface area contributed by atoms with Gasteiger partial charge in [0.2, 0.25) is 16.0 Å². The fourth-order valence-electron chi connectivity index (χ4n) is 3.93. The van der Waals surface area contributed by atoms with Gasteiger partial charge in [-0.05, 0) is 32.6 Å². The molecule has 118 valence electrons. The number of aromatic nitrogens is 3. The number of hydrogen-bond donors (Lipinski definition) is 0. The van der Waals surface area contributed by atoms with Crippen LogP contribution in [0.5, 0.6) is 0 Å². The largest absolute Gasteiger partial charge is 0.342 e. The van der Waals surface area contributed by atoms with Crippen molar-refractivity contribution in [1.29, 1.82) is 0 Å². The molecule has 4 rings (SSSR count). The lowest BCUT2D eigenvalue weighted by molar-refractivity contribution is -0.129. The van der Waals surface area contributed by atoms with Gasteiger partial charge in [0.15, 0.2) is 0 Å². The van der Waals surface area contributed by atoms with Gasteiger partial charge in [-0.3, -0.25) is 4.79 Å². The van der Waals surface area contributed by atoms with Crippen LogP contribution >= 0.6 is 11.3 Å². The Morgan fingerprint density at radius 1 is 1.27 bits per heavy atom. The van der Waals surface area contributed by atoms with Crippen LogP contribution in [0.25, 0.3) is 4.96 Å². The van der Waals surface area contributed by atoms with Crippen molar-refractivity contribution in [2.45, 2.75) is 51.6 Å². The number of anilines is 1. The summed E-state index contributed by atoms with van der Waals surface area (Å²) in [7, 11) is 0. The van der Waals surface area contributed by atoms with E-state index < -0.39 is 0 Å². The van der Waals surface area contributed by atoms with Crippen LogP contribution in [-0.4, -0.2) is 50.6 Å². The van der Waals surface area contributed by atoms with Crippen LogP contribution in [0.15, 0.2) is 6.20 Å². The van der Waals surface area contributed by atoms with E-state index in [1.165, 1.54) is 6.42 Å². The number of nitrogens with zero attached hydrogens (tertiary/aromatic N) is 5. The second-order valence-electron chi connectivity index (χ2n) is 6.32. The van der Waals surface area contributed by atoms with Gasteiger partial charge < -0.3 is 9.80 Å². The summed E-state index contributed by atoms with van der Waals surface area (Å²) in [5.41, 5.74) is 1.00. The van der Waals surface area contributed by atoms with Crippen molar-refractivity contribution in [3.05, 3.63) is 11.9 Å². The number of rotatable bonds is 2. The Balaban J connectivity index is 1.62. The van der Waals surface area contributed by atoms with Crippen LogP contribution < -0.4 is 4.90 Å². The number of amides is 1. The quantitative estimate of drug-likeness (QED) is 0.850. The lowest BCUT2D eigenvalue weighted by Crippen LogP contribution is -2.47. The smallest absolute Gasteiger partial charge is 0.219 e. The molecule has 2 aromatic heterocycles. The standard InChI is InChI=1S/C15H21N5OS/c1-10-9-20-14(16-10)22-15(17-20)19-8-4-6-13(19)12-5-3-7-18(12)11(2)21/h9,12-13H,3-8H2,1-2H3/t12-,13+/m1/s1. The van der Waals surface area contributed by atoms with E-state index in [9.17, 15) is 4.79 Å². The van der Waals surface area contributed by atoms with E-state index in [0.717, 1.165) is 48.1 Å². The number of fused-ring (bicyclic) bond motifs is 1. The number of carbonyl (C=O) groups is 1. The van der Waals surface area contributed by atoms with Crippen molar-refractivity contribution in [2.75, 3.05) is 18.0 Å². The topological polar surface area (TPSA) is 53.7 Å². The molecule has 0 saturated carbocycles. The minimum Gasteiger partial charge on any atom is -0.342 e. The summed E-state index contributed by atoms with van der Waals surface area (Å²) >= 11 is 1.65. The van der Waals surface area contributed by atoms with Crippen molar-refractivity contribution < 1.29 is 4.79 Å². The molecule has 0 spiro atoms. The number of imidazole rings is 1. The van der Waals surface area contributed by atoms with E-state index in [-0.39, 0.29) is 5.91 Å². The van der Waals surface area contributed by atoms with Crippen LogP contribution in [0, 0.1) is 6.92 Å². The van der Waals surface area contributed by atoms with E-state index in [4.69, 9.17) is 5.10 Å². The summed E-state index contributed by atoms with van der Waals surface area (Å²) in [5.74, 6) is 0.207. The first-order chi connectivity index (χ1) is 10.6. The van der Waals surface area contributed by atoms with Gasteiger partial charge in [0, 0.05) is 20.0 Å². The highest BCUT2D eigenvalue weighted by Crippen LogP contribution is 2.35. The SMILES string of the molecule is CC(=O)N1CCC[C@@H]1[C@@H]1CCCN1c1nn2cc(C)nc2s1. The molecule has 0 N–H and O–H groups in total. The van der Waals surface area contributed by atoms with Crippen LogP contribution in [0.4, 0.5) is 5.13 Å². The van der Waals surface area contributed by atoms with Gasteiger partial charge in [-0.2, -0.15) is 0 Å². The zero-order valence-corrected chi connectivity index (χ0v) is 13.8. The maximum absolute atomic E-state index is 11.9. The Kier molecular flexibility index (Phi) is 3.32. The van der Waals surface area contributed by atoms with Crippen LogP contribution in [0.3, 0.4) is 0 Å². The summed E-state index contributed by atoms with van der Waals surface area (Å²) < 4.78 is 1.88. The summed E-state index contributed by atoms with van der Waals surface area (Å²) in [4.78, 5) is 21.8. The molecule has 0 radical (unpaired) electrons. The molecule has 2 aromatic rings. The zero-order valence-electron chi connectivity index (χ0n) is 13.0. The monoisotopic (exact) mass is 319 g/mol. The second-order valence-corrected chi connectivity index (χ2v) is 7.25. The molecule has 4 heterocycles. The van der Waals surface area contributed by atoms with Crippen LogP contribution in [-0.2, 0) is 4.79 Å². The van der Waals surface area contributed by atoms with Crippen molar-refractivity contribution in [2.24, 2.45) is 0 Å². The van der Waals surface area contributed by atoms with Crippen molar-refractivity contribution in [3.8, 4) is 0 Å². The molecule has 2 saturated heterocycles. The highest BCUT2D eigenvalue weighted by atomic mass is 32.1. The Bertz CT molecular complexity index is 676. The molecule has 6 nitrogen and oxygen atoms in total. The van der Waals surface area contributed by atoms with Crippen molar-refractivity contribution >= 4 is 27.3 Å². The third-order valence-corrected chi connectivity index (χ3v) is 5.81. The van der Waals surface area contributed by atoms with E-state index in [0.29, 0.717) is 12.1 Å². The van der Waals surface area contributed by atoms with Crippen LogP contribution in [0.2, 0.25) is 0 Å². The molecular formula is C15H21N5OS. The van der Waals surface area contributed by atoms with Gasteiger partial charge in [-0.1, -0.05) is 11.3 Å². The third-order valence-electron chi connectivity index (χ3n) is 4.85. The summed E-state index contributed by atoms with van der Waals surface area (Å²) in [5, 5.41) is 5.74. The Hall–Kier alpha value is -1.63. The lowest BCUT2D eigenvalue weighted by Gasteiger charge is -2.34. The first-order valence-electron chi connectivity index (χ1n) is 8.00. The van der Waals surface area contributed by atoms with Crippen molar-refractivity contribution in [3.63, 3.8) is 0 Å². The number of hydrogen-bond acceptors (Lipinski definition) is 5. The van der Waals surface area contributed by atoms with E-state index in [1.54, 1.807) is 18.3 Å². The Morgan fingerprint density at radius 3 is 2.82 bits per heavy atom. The molecule has 22 heavy (non-hydrogen) atoms. The molecule has 0 unspecified atom stereocenters. The molecule has 0 bridgehead atoms. The normalized spacial score (nSPS) is 25.5. The Labute approximate surface area is 133 Å². The highest BCUT2D eigenvalue weighted by molar-refractivity contribution is 7.20. The average molecular weight is 319 g/mol. The maximum Gasteiger partial charge on any atom is 0.219 e. The molecule has 7 heteroatoms. The van der Waals surface area contributed by atoms with E-state index in [1.807, 2.05) is 17.6 Å². The molecule has 0 aliphatic carbocycles. The van der Waals surface area contributed by atoms with Crippen molar-refractivity contribution in [1.82, 2.24) is 19.5 Å². The maximum atomic E-state index is 11.9. The van der Waals surface area contributed by atoms with Gasteiger partial charge in [0.25, 0.3) is 0 Å². The fraction of sp³-hybridized carbons (Fsp3) is 0.667. The highest BCUT2D eigenvalue weighted by Gasteiger charge is 2.39. The predicted molar refractivity (Wildman–Crippen MR) is 86.4 cm³/mol.